The van der Waals surface area contributed by atoms with Crippen molar-refractivity contribution in [3.05, 3.63) is 88.6 Å². The molecule has 0 saturated carbocycles. The molecular weight excluding hydrogens is 428 g/mol. The number of methoxy groups -OCH3 is 2. The molecule has 0 atom stereocenters. The highest BCUT2D eigenvalue weighted by molar-refractivity contribution is 6.46. The lowest BCUT2D eigenvalue weighted by Gasteiger charge is -2.22. The number of anilines is 2. The predicted octanol–water partition coefficient (Wildman–Crippen LogP) is 4.67. The normalized spacial score (nSPS) is 15.3. The van der Waals surface area contributed by atoms with Gasteiger partial charge in [-0.15, -0.1) is 0 Å². The first-order chi connectivity index (χ1) is 16.5. The van der Waals surface area contributed by atoms with Gasteiger partial charge in [0.15, 0.2) is 11.5 Å². The van der Waals surface area contributed by atoms with E-state index in [9.17, 15) is 9.59 Å². The van der Waals surface area contributed by atoms with Crippen LogP contribution >= 0.6 is 0 Å². The molecule has 0 spiro atoms. The standard InChI is InChI=1S/C28H26N2O4/c1-17-8-7-11-21(18(17)2)30-27(31)25(20-12-13-23(33-3)24(16-20)34-4)26(28(30)32)29-15-14-19-9-5-6-10-22(19)29/h5-13,16H,14-15H2,1-4H3. The average Bonchev–Trinajstić information content (AvgIpc) is 3.38. The predicted molar refractivity (Wildman–Crippen MR) is 132 cm³/mol. The second kappa shape index (κ2) is 8.37. The zero-order valence-electron chi connectivity index (χ0n) is 19.7. The van der Waals surface area contributed by atoms with Crippen molar-refractivity contribution >= 4 is 28.8 Å². The third-order valence-electron chi connectivity index (χ3n) is 6.71. The average molecular weight is 455 g/mol. The van der Waals surface area contributed by atoms with E-state index >= 15 is 0 Å². The number of nitrogens with zero attached hydrogens (tertiary/aromatic N) is 2. The number of para-hydroxylation sites is 1. The topological polar surface area (TPSA) is 59.1 Å². The van der Waals surface area contributed by atoms with Gasteiger partial charge in [-0.25, -0.2) is 4.90 Å². The monoisotopic (exact) mass is 454 g/mol. The summed E-state index contributed by atoms with van der Waals surface area (Å²) < 4.78 is 10.9. The third kappa shape index (κ3) is 3.25. The molecule has 0 fully saturated rings. The number of imide groups is 1. The van der Waals surface area contributed by atoms with Gasteiger partial charge < -0.3 is 14.4 Å². The lowest BCUT2D eigenvalue weighted by molar-refractivity contribution is -0.120. The minimum atomic E-state index is -0.342. The maximum absolute atomic E-state index is 14.0. The number of amides is 2. The first kappa shape index (κ1) is 21.8. The van der Waals surface area contributed by atoms with Crippen LogP contribution in [0.25, 0.3) is 5.57 Å². The maximum atomic E-state index is 14.0. The van der Waals surface area contributed by atoms with Crippen LogP contribution in [-0.2, 0) is 16.0 Å². The van der Waals surface area contributed by atoms with E-state index in [-0.39, 0.29) is 11.8 Å². The van der Waals surface area contributed by atoms with Gasteiger partial charge in [0.25, 0.3) is 11.8 Å². The number of aryl methyl sites for hydroxylation is 1. The van der Waals surface area contributed by atoms with E-state index in [1.54, 1.807) is 32.4 Å². The number of carbonyl (C=O) groups excluding carboxylic acids is 2. The minimum Gasteiger partial charge on any atom is -0.493 e. The van der Waals surface area contributed by atoms with Crippen molar-refractivity contribution in [1.29, 1.82) is 0 Å². The Morgan fingerprint density at radius 3 is 2.29 bits per heavy atom. The number of benzene rings is 3. The fraction of sp³-hybridized carbons (Fsp3) is 0.214. The van der Waals surface area contributed by atoms with E-state index in [1.807, 2.05) is 55.1 Å². The van der Waals surface area contributed by atoms with Crippen LogP contribution in [0.5, 0.6) is 11.5 Å². The summed E-state index contributed by atoms with van der Waals surface area (Å²) in [4.78, 5) is 31.2. The lowest BCUT2D eigenvalue weighted by Crippen LogP contribution is -2.35. The molecule has 0 saturated heterocycles. The molecule has 6 heteroatoms. The first-order valence-electron chi connectivity index (χ1n) is 11.2. The Bertz CT molecular complexity index is 1360. The van der Waals surface area contributed by atoms with Crippen molar-refractivity contribution in [3.8, 4) is 11.5 Å². The van der Waals surface area contributed by atoms with Gasteiger partial charge in [0.2, 0.25) is 0 Å². The van der Waals surface area contributed by atoms with Crippen LogP contribution in [0.4, 0.5) is 11.4 Å². The second-order valence-corrected chi connectivity index (χ2v) is 8.49. The molecule has 34 heavy (non-hydrogen) atoms. The Kier molecular flexibility index (Phi) is 5.36. The molecule has 0 N–H and O–H groups in total. The van der Waals surface area contributed by atoms with E-state index in [1.165, 1.54) is 4.90 Å². The van der Waals surface area contributed by atoms with Gasteiger partial charge in [0.05, 0.1) is 25.5 Å². The molecule has 5 rings (SSSR count). The molecule has 2 aliphatic heterocycles. The molecule has 2 amide bonds. The molecule has 3 aromatic carbocycles. The van der Waals surface area contributed by atoms with Crippen LogP contribution in [0.3, 0.4) is 0 Å². The number of carbonyl (C=O) groups is 2. The van der Waals surface area contributed by atoms with Crippen LogP contribution in [-0.4, -0.2) is 32.6 Å². The molecule has 6 nitrogen and oxygen atoms in total. The number of rotatable bonds is 5. The Morgan fingerprint density at radius 2 is 1.53 bits per heavy atom. The van der Waals surface area contributed by atoms with Crippen molar-refractivity contribution < 1.29 is 19.1 Å². The zero-order valence-corrected chi connectivity index (χ0v) is 19.7. The van der Waals surface area contributed by atoms with Crippen molar-refractivity contribution in [3.63, 3.8) is 0 Å². The van der Waals surface area contributed by atoms with Gasteiger partial charge in [-0.1, -0.05) is 36.4 Å². The minimum absolute atomic E-state index is 0.319. The molecule has 2 heterocycles. The SMILES string of the molecule is COc1ccc(C2=C(N3CCc4ccccc43)C(=O)N(c3cccc(C)c3C)C2=O)cc1OC. The summed E-state index contributed by atoms with van der Waals surface area (Å²) in [6.45, 7) is 4.54. The molecule has 0 aromatic heterocycles. The molecule has 0 aliphatic carbocycles. The summed E-state index contributed by atoms with van der Waals surface area (Å²) in [7, 11) is 3.12. The van der Waals surface area contributed by atoms with Gasteiger partial charge in [0, 0.05) is 12.2 Å². The number of hydrogen-bond acceptors (Lipinski definition) is 5. The Hall–Kier alpha value is -4.06. The van der Waals surface area contributed by atoms with Crippen molar-refractivity contribution in [2.45, 2.75) is 20.3 Å². The first-order valence-corrected chi connectivity index (χ1v) is 11.2. The van der Waals surface area contributed by atoms with Gasteiger partial charge in [-0.05, 0) is 66.8 Å². The smallest absolute Gasteiger partial charge is 0.282 e. The Morgan fingerprint density at radius 1 is 0.794 bits per heavy atom. The molecule has 0 unspecified atom stereocenters. The third-order valence-corrected chi connectivity index (χ3v) is 6.71. The van der Waals surface area contributed by atoms with Crippen molar-refractivity contribution in [2.24, 2.45) is 0 Å². The number of fused-ring (bicyclic) bond motifs is 1. The van der Waals surface area contributed by atoms with Crippen LogP contribution in [0.2, 0.25) is 0 Å². The van der Waals surface area contributed by atoms with Crippen LogP contribution in [0.1, 0.15) is 22.3 Å². The summed E-state index contributed by atoms with van der Waals surface area (Å²) >= 11 is 0. The fourth-order valence-corrected chi connectivity index (χ4v) is 4.79. The quantitative estimate of drug-likeness (QED) is 0.525. The van der Waals surface area contributed by atoms with E-state index < -0.39 is 0 Å². The zero-order chi connectivity index (χ0) is 24.0. The van der Waals surface area contributed by atoms with Crippen LogP contribution < -0.4 is 19.3 Å². The summed E-state index contributed by atoms with van der Waals surface area (Å²) in [5.41, 5.74) is 6.02. The molecule has 3 aromatic rings. The van der Waals surface area contributed by atoms with E-state index in [4.69, 9.17) is 9.47 Å². The molecule has 2 aliphatic rings. The number of ether oxygens (including phenoxy) is 2. The van der Waals surface area contributed by atoms with E-state index in [0.29, 0.717) is 40.6 Å². The van der Waals surface area contributed by atoms with Gasteiger partial charge >= 0.3 is 0 Å². The molecule has 0 bridgehead atoms. The lowest BCUT2D eigenvalue weighted by atomic mass is 10.0. The molecule has 172 valence electrons. The number of hydrogen-bond donors (Lipinski definition) is 0. The maximum Gasteiger partial charge on any atom is 0.282 e. The summed E-state index contributed by atoms with van der Waals surface area (Å²) in [6.07, 6.45) is 0.809. The fourth-order valence-electron chi connectivity index (χ4n) is 4.79. The summed E-state index contributed by atoms with van der Waals surface area (Å²) in [6, 6.07) is 19.0. The van der Waals surface area contributed by atoms with Crippen LogP contribution in [0, 0.1) is 13.8 Å². The Balaban J connectivity index is 1.72. The summed E-state index contributed by atoms with van der Waals surface area (Å²) in [5.74, 6) is 0.396. The van der Waals surface area contributed by atoms with Crippen molar-refractivity contribution in [1.82, 2.24) is 0 Å². The molecule has 0 radical (unpaired) electrons. The highest BCUT2D eigenvalue weighted by Gasteiger charge is 2.44. The Labute approximate surface area is 199 Å². The largest absolute Gasteiger partial charge is 0.493 e. The molecular formula is C28H26N2O4. The van der Waals surface area contributed by atoms with Gasteiger partial charge in [-0.3, -0.25) is 9.59 Å². The second-order valence-electron chi connectivity index (χ2n) is 8.49. The van der Waals surface area contributed by atoms with Crippen molar-refractivity contribution in [2.75, 3.05) is 30.6 Å². The van der Waals surface area contributed by atoms with E-state index in [2.05, 4.69) is 6.07 Å². The van der Waals surface area contributed by atoms with Crippen LogP contribution in [0.15, 0.2) is 66.4 Å². The highest BCUT2D eigenvalue weighted by Crippen LogP contribution is 2.42. The van der Waals surface area contributed by atoms with Gasteiger partial charge in [0.1, 0.15) is 5.70 Å². The van der Waals surface area contributed by atoms with Gasteiger partial charge in [-0.2, -0.15) is 0 Å². The van der Waals surface area contributed by atoms with E-state index in [0.717, 1.165) is 28.8 Å². The highest BCUT2D eigenvalue weighted by atomic mass is 16.5. The summed E-state index contributed by atoms with van der Waals surface area (Å²) in [5, 5.41) is 0.